The molecular formula is C16H21NO4. The van der Waals surface area contributed by atoms with Crippen molar-refractivity contribution in [3.05, 3.63) is 35.9 Å². The fraction of sp³-hybridized carbons (Fsp3) is 0.500. The maximum absolute atomic E-state index is 12.0. The standard InChI is InChI=1S/C16H21NO4/c18-15(19)14-8-4-10-17(11-5-9-14)16(20)21-12-13-6-2-1-3-7-13/h1-3,6-7,14H,4-5,8-12H2,(H,18,19). The highest BCUT2D eigenvalue weighted by molar-refractivity contribution is 5.70. The Hall–Kier alpha value is -2.04. The van der Waals surface area contributed by atoms with E-state index in [0.717, 1.165) is 5.56 Å². The first kappa shape index (κ1) is 15.4. The average Bonchev–Trinajstić information content (AvgIpc) is 2.45. The van der Waals surface area contributed by atoms with Crippen molar-refractivity contribution in [3.63, 3.8) is 0 Å². The number of rotatable bonds is 3. The van der Waals surface area contributed by atoms with Crippen molar-refractivity contribution < 1.29 is 19.4 Å². The molecule has 114 valence electrons. The van der Waals surface area contributed by atoms with Crippen molar-refractivity contribution in [2.45, 2.75) is 32.3 Å². The van der Waals surface area contributed by atoms with Crippen LogP contribution in [-0.2, 0) is 16.1 Å². The number of carboxylic acids is 1. The van der Waals surface area contributed by atoms with Crippen LogP contribution in [0.15, 0.2) is 30.3 Å². The second-order valence-corrected chi connectivity index (χ2v) is 5.35. The molecule has 1 amide bonds. The quantitative estimate of drug-likeness (QED) is 0.930. The van der Waals surface area contributed by atoms with Gasteiger partial charge in [-0.05, 0) is 31.2 Å². The van der Waals surface area contributed by atoms with Gasteiger partial charge in [0.25, 0.3) is 0 Å². The Kier molecular flexibility index (Phi) is 5.60. The van der Waals surface area contributed by atoms with Gasteiger partial charge in [0.15, 0.2) is 0 Å². The second kappa shape index (κ2) is 7.67. The zero-order valence-corrected chi connectivity index (χ0v) is 12.0. The number of ether oxygens (including phenoxy) is 1. The van der Waals surface area contributed by atoms with Gasteiger partial charge in [0.2, 0.25) is 0 Å². The Morgan fingerprint density at radius 1 is 1.14 bits per heavy atom. The van der Waals surface area contributed by atoms with E-state index in [1.165, 1.54) is 0 Å². The molecule has 1 aromatic rings. The summed E-state index contributed by atoms with van der Waals surface area (Å²) in [7, 11) is 0. The third-order valence-corrected chi connectivity index (χ3v) is 3.77. The van der Waals surface area contributed by atoms with Gasteiger partial charge in [0.1, 0.15) is 6.61 Å². The van der Waals surface area contributed by atoms with Gasteiger partial charge >= 0.3 is 12.1 Å². The largest absolute Gasteiger partial charge is 0.481 e. The van der Waals surface area contributed by atoms with Gasteiger partial charge in [0.05, 0.1) is 5.92 Å². The molecule has 0 aliphatic carbocycles. The van der Waals surface area contributed by atoms with Gasteiger partial charge in [-0.2, -0.15) is 0 Å². The smallest absolute Gasteiger partial charge is 0.410 e. The lowest BCUT2D eigenvalue weighted by atomic mass is 9.96. The van der Waals surface area contributed by atoms with E-state index in [2.05, 4.69) is 0 Å². The number of carbonyl (C=O) groups is 2. The minimum atomic E-state index is -0.727. The summed E-state index contributed by atoms with van der Waals surface area (Å²) in [5.41, 5.74) is 0.962. The Labute approximate surface area is 124 Å². The molecule has 1 aromatic carbocycles. The summed E-state index contributed by atoms with van der Waals surface area (Å²) >= 11 is 0. The Bertz CT molecular complexity index is 464. The van der Waals surface area contributed by atoms with Gasteiger partial charge in [-0.25, -0.2) is 4.79 Å². The first-order chi connectivity index (χ1) is 10.2. The van der Waals surface area contributed by atoms with E-state index in [-0.39, 0.29) is 18.6 Å². The zero-order chi connectivity index (χ0) is 15.1. The van der Waals surface area contributed by atoms with Crippen LogP contribution >= 0.6 is 0 Å². The number of likely N-dealkylation sites (tertiary alicyclic amines) is 1. The molecule has 21 heavy (non-hydrogen) atoms. The number of hydrogen-bond acceptors (Lipinski definition) is 3. The zero-order valence-electron chi connectivity index (χ0n) is 12.0. The maximum Gasteiger partial charge on any atom is 0.410 e. The predicted octanol–water partition coefficient (Wildman–Crippen LogP) is 2.90. The lowest BCUT2D eigenvalue weighted by molar-refractivity contribution is -0.142. The van der Waals surface area contributed by atoms with Gasteiger partial charge in [0, 0.05) is 13.1 Å². The van der Waals surface area contributed by atoms with Gasteiger partial charge in [-0.3, -0.25) is 4.79 Å². The third-order valence-electron chi connectivity index (χ3n) is 3.77. The van der Waals surface area contributed by atoms with Crippen molar-refractivity contribution in [2.75, 3.05) is 13.1 Å². The molecule has 1 saturated heterocycles. The first-order valence-corrected chi connectivity index (χ1v) is 7.35. The van der Waals surface area contributed by atoms with Gasteiger partial charge < -0.3 is 14.7 Å². The Morgan fingerprint density at radius 3 is 2.33 bits per heavy atom. The molecule has 0 unspecified atom stereocenters. The molecule has 5 heteroatoms. The first-order valence-electron chi connectivity index (χ1n) is 7.35. The number of hydrogen-bond donors (Lipinski definition) is 1. The van der Waals surface area contributed by atoms with Crippen LogP contribution in [0.4, 0.5) is 4.79 Å². The predicted molar refractivity (Wildman–Crippen MR) is 77.8 cm³/mol. The monoisotopic (exact) mass is 291 g/mol. The van der Waals surface area contributed by atoms with Crippen molar-refractivity contribution in [1.82, 2.24) is 4.90 Å². The molecule has 0 aromatic heterocycles. The average molecular weight is 291 g/mol. The fourth-order valence-electron chi connectivity index (χ4n) is 2.55. The molecule has 2 rings (SSSR count). The van der Waals surface area contributed by atoms with Crippen LogP contribution < -0.4 is 0 Å². The number of carboxylic acid groups (broad SMARTS) is 1. The highest BCUT2D eigenvalue weighted by atomic mass is 16.6. The summed E-state index contributed by atoms with van der Waals surface area (Å²) < 4.78 is 5.31. The van der Waals surface area contributed by atoms with E-state index in [0.29, 0.717) is 38.8 Å². The topological polar surface area (TPSA) is 66.8 Å². The summed E-state index contributed by atoms with van der Waals surface area (Å²) in [6.07, 6.45) is 2.34. The van der Waals surface area contributed by atoms with Crippen molar-refractivity contribution >= 4 is 12.1 Å². The molecule has 1 heterocycles. The molecule has 0 bridgehead atoms. The number of benzene rings is 1. The molecule has 0 spiro atoms. The molecule has 1 fully saturated rings. The molecule has 0 radical (unpaired) electrons. The fourth-order valence-corrected chi connectivity index (χ4v) is 2.55. The summed E-state index contributed by atoms with van der Waals surface area (Å²) in [6, 6.07) is 9.56. The van der Waals surface area contributed by atoms with Crippen LogP contribution in [0, 0.1) is 5.92 Å². The Balaban J connectivity index is 1.79. The third kappa shape index (κ3) is 4.77. The summed E-state index contributed by atoms with van der Waals surface area (Å²) in [6.45, 7) is 1.41. The van der Waals surface area contributed by atoms with E-state index in [9.17, 15) is 9.59 Å². The van der Waals surface area contributed by atoms with Crippen LogP contribution in [0.1, 0.15) is 31.2 Å². The summed E-state index contributed by atoms with van der Waals surface area (Å²) in [4.78, 5) is 24.7. The van der Waals surface area contributed by atoms with Gasteiger partial charge in [-0.1, -0.05) is 30.3 Å². The molecule has 1 aliphatic rings. The minimum absolute atomic E-state index is 0.271. The number of amides is 1. The normalized spacial score (nSPS) is 16.9. The van der Waals surface area contributed by atoms with Crippen LogP contribution in [0.3, 0.4) is 0 Å². The van der Waals surface area contributed by atoms with E-state index < -0.39 is 5.97 Å². The van der Waals surface area contributed by atoms with Crippen LogP contribution in [0.25, 0.3) is 0 Å². The molecule has 0 atom stereocenters. The maximum atomic E-state index is 12.0. The lowest BCUT2D eigenvalue weighted by Crippen LogP contribution is -2.35. The van der Waals surface area contributed by atoms with Crippen LogP contribution in [0.2, 0.25) is 0 Å². The van der Waals surface area contributed by atoms with E-state index in [4.69, 9.17) is 9.84 Å². The van der Waals surface area contributed by atoms with Crippen LogP contribution in [-0.4, -0.2) is 35.2 Å². The van der Waals surface area contributed by atoms with Crippen LogP contribution in [0.5, 0.6) is 0 Å². The van der Waals surface area contributed by atoms with E-state index in [1.807, 2.05) is 30.3 Å². The van der Waals surface area contributed by atoms with Crippen molar-refractivity contribution in [2.24, 2.45) is 5.92 Å². The molecule has 5 nitrogen and oxygen atoms in total. The Morgan fingerprint density at radius 2 is 1.76 bits per heavy atom. The molecular weight excluding hydrogens is 270 g/mol. The SMILES string of the molecule is O=C(O)C1CCCN(C(=O)OCc2ccccc2)CCC1. The summed E-state index contributed by atoms with van der Waals surface area (Å²) in [5.74, 6) is -0.998. The number of carbonyl (C=O) groups excluding carboxylic acids is 1. The van der Waals surface area contributed by atoms with E-state index in [1.54, 1.807) is 4.90 Å². The molecule has 1 N–H and O–H groups in total. The van der Waals surface area contributed by atoms with Crippen molar-refractivity contribution in [1.29, 1.82) is 0 Å². The molecule has 1 aliphatic heterocycles. The minimum Gasteiger partial charge on any atom is -0.481 e. The van der Waals surface area contributed by atoms with Crippen molar-refractivity contribution in [3.8, 4) is 0 Å². The number of aliphatic carboxylic acids is 1. The molecule has 0 saturated carbocycles. The second-order valence-electron chi connectivity index (χ2n) is 5.35. The lowest BCUT2D eigenvalue weighted by Gasteiger charge is -2.26. The summed E-state index contributed by atoms with van der Waals surface area (Å²) in [5, 5.41) is 9.04. The highest BCUT2D eigenvalue weighted by Gasteiger charge is 2.23. The van der Waals surface area contributed by atoms with Gasteiger partial charge in [-0.15, -0.1) is 0 Å². The number of nitrogens with zero attached hydrogens (tertiary/aromatic N) is 1. The highest BCUT2D eigenvalue weighted by Crippen LogP contribution is 2.18. The van der Waals surface area contributed by atoms with E-state index >= 15 is 0 Å².